The molecule has 0 rings (SSSR count). The molecule has 0 aliphatic carbocycles. The van der Waals surface area contributed by atoms with E-state index in [9.17, 15) is 15.3 Å². The van der Waals surface area contributed by atoms with Crippen molar-refractivity contribution in [2.75, 3.05) is 19.8 Å². The zero-order valence-corrected chi connectivity index (χ0v) is 14.5. The molecule has 0 saturated heterocycles. The van der Waals surface area contributed by atoms with Crippen molar-refractivity contribution in [3.8, 4) is 0 Å². The maximum absolute atomic E-state index is 9.63. The fourth-order valence-electron chi connectivity index (χ4n) is 0. The molecule has 0 atom stereocenters. The van der Waals surface area contributed by atoms with Crippen LogP contribution in [0, 0.1) is 17.8 Å². The van der Waals surface area contributed by atoms with E-state index in [1.54, 1.807) is 0 Å². The van der Waals surface area contributed by atoms with Crippen molar-refractivity contribution in [3.05, 3.63) is 0 Å². The Bertz CT molecular complexity index is 80.7. The SMILES string of the molecule is CC(C)C[O-].CC(C)C[O-].CC(C)C[O-].[Al+3].[Al+3]. The van der Waals surface area contributed by atoms with Crippen molar-refractivity contribution >= 4 is 34.7 Å². The Balaban J connectivity index is -0.0000000400. The third kappa shape index (κ3) is 78.5. The summed E-state index contributed by atoms with van der Waals surface area (Å²) < 4.78 is 0. The third-order valence-electron chi connectivity index (χ3n) is 1.00. The van der Waals surface area contributed by atoms with Gasteiger partial charge in [-0.25, -0.2) is 0 Å². The molecule has 0 fully saturated rings. The van der Waals surface area contributed by atoms with Gasteiger partial charge in [-0.05, 0) is 0 Å². The van der Waals surface area contributed by atoms with Gasteiger partial charge in [0.1, 0.15) is 0 Å². The first-order chi connectivity index (χ1) is 6.81. The van der Waals surface area contributed by atoms with Crippen LogP contribution in [0.1, 0.15) is 41.5 Å². The molecular formula is C12H27Al2O3+3. The van der Waals surface area contributed by atoms with E-state index in [1.165, 1.54) is 0 Å². The second-order valence-electron chi connectivity index (χ2n) is 4.68. The summed E-state index contributed by atoms with van der Waals surface area (Å²) in [6, 6.07) is 0. The molecule has 0 aromatic heterocycles. The van der Waals surface area contributed by atoms with E-state index >= 15 is 0 Å². The summed E-state index contributed by atoms with van der Waals surface area (Å²) in [6.07, 6.45) is 0. The fourth-order valence-corrected chi connectivity index (χ4v) is 0. The molecule has 0 bridgehead atoms. The molecule has 0 aliphatic rings. The molecule has 0 saturated carbocycles. The average Bonchev–Trinajstić information content (AvgIpc) is 2.19. The summed E-state index contributed by atoms with van der Waals surface area (Å²) in [4.78, 5) is 0. The van der Waals surface area contributed by atoms with E-state index in [2.05, 4.69) is 0 Å². The molecular weight excluding hydrogens is 246 g/mol. The van der Waals surface area contributed by atoms with Gasteiger partial charge < -0.3 is 15.3 Å². The molecule has 0 N–H and O–H groups in total. The first kappa shape index (κ1) is 30.7. The summed E-state index contributed by atoms with van der Waals surface area (Å²) in [5, 5.41) is 28.9. The van der Waals surface area contributed by atoms with Crippen LogP contribution in [0.15, 0.2) is 0 Å². The van der Waals surface area contributed by atoms with Crippen molar-refractivity contribution in [2.45, 2.75) is 41.5 Å². The van der Waals surface area contributed by atoms with Crippen molar-refractivity contribution < 1.29 is 15.3 Å². The van der Waals surface area contributed by atoms with Gasteiger partial charge in [-0.3, -0.25) is 0 Å². The van der Waals surface area contributed by atoms with Gasteiger partial charge in [-0.2, -0.15) is 0 Å². The normalized spacial score (nSPS) is 8.47. The number of hydrogen-bond acceptors (Lipinski definition) is 3. The van der Waals surface area contributed by atoms with E-state index in [1.807, 2.05) is 41.5 Å². The molecule has 0 aromatic rings. The van der Waals surface area contributed by atoms with Crippen LogP contribution in [-0.4, -0.2) is 54.5 Å². The van der Waals surface area contributed by atoms with E-state index in [4.69, 9.17) is 0 Å². The van der Waals surface area contributed by atoms with Crippen molar-refractivity contribution in [1.82, 2.24) is 0 Å². The van der Waals surface area contributed by atoms with Gasteiger partial charge in [0, 0.05) is 0 Å². The maximum Gasteiger partial charge on any atom is 3.00 e. The second kappa shape index (κ2) is 25.7. The van der Waals surface area contributed by atoms with Crippen molar-refractivity contribution in [2.24, 2.45) is 17.8 Å². The van der Waals surface area contributed by atoms with Gasteiger partial charge in [0.2, 0.25) is 0 Å². The standard InChI is InChI=1S/3C4H9O.2Al/c3*1-4(2)3-5;;/h3*4H,3H2,1-2H3;;/q3*-1;2*+3. The topological polar surface area (TPSA) is 69.2 Å². The van der Waals surface area contributed by atoms with Crippen LogP contribution >= 0.6 is 0 Å². The Morgan fingerprint density at radius 3 is 0.588 bits per heavy atom. The molecule has 3 nitrogen and oxygen atoms in total. The second-order valence-corrected chi connectivity index (χ2v) is 4.68. The molecule has 0 unspecified atom stereocenters. The molecule has 0 amide bonds. The zero-order valence-electron chi connectivity index (χ0n) is 12.2. The smallest absolute Gasteiger partial charge is 0.854 e. The quantitative estimate of drug-likeness (QED) is 0.635. The fraction of sp³-hybridized carbons (Fsp3) is 1.00. The van der Waals surface area contributed by atoms with Gasteiger partial charge in [-0.1, -0.05) is 59.3 Å². The van der Waals surface area contributed by atoms with Crippen molar-refractivity contribution in [1.29, 1.82) is 0 Å². The predicted molar refractivity (Wildman–Crippen MR) is 70.6 cm³/mol. The van der Waals surface area contributed by atoms with E-state index in [0.717, 1.165) is 0 Å². The van der Waals surface area contributed by atoms with Crippen LogP contribution in [0.4, 0.5) is 0 Å². The first-order valence-electron chi connectivity index (χ1n) is 5.55. The van der Waals surface area contributed by atoms with Gasteiger partial charge in [0.25, 0.3) is 0 Å². The first-order valence-corrected chi connectivity index (χ1v) is 5.55. The minimum absolute atomic E-state index is 0. The van der Waals surface area contributed by atoms with Crippen LogP contribution in [0.5, 0.6) is 0 Å². The van der Waals surface area contributed by atoms with Gasteiger partial charge in [0.05, 0.1) is 0 Å². The van der Waals surface area contributed by atoms with Crippen LogP contribution in [0.3, 0.4) is 0 Å². The summed E-state index contributed by atoms with van der Waals surface area (Å²) in [6.45, 7) is 11.6. The Kier molecular flexibility index (Phi) is 46.5. The molecule has 96 valence electrons. The molecule has 17 heavy (non-hydrogen) atoms. The summed E-state index contributed by atoms with van der Waals surface area (Å²) >= 11 is 0. The van der Waals surface area contributed by atoms with Gasteiger partial charge in [-0.15, -0.1) is 19.8 Å². The zero-order chi connectivity index (χ0) is 12.9. The summed E-state index contributed by atoms with van der Waals surface area (Å²) in [7, 11) is 0. The van der Waals surface area contributed by atoms with E-state index in [0.29, 0.717) is 17.8 Å². The Morgan fingerprint density at radius 2 is 0.588 bits per heavy atom. The predicted octanol–water partition coefficient (Wildman–Crippen LogP) is -0.753. The van der Waals surface area contributed by atoms with Crippen molar-refractivity contribution in [3.63, 3.8) is 0 Å². The van der Waals surface area contributed by atoms with Gasteiger partial charge >= 0.3 is 34.7 Å². The number of rotatable bonds is 3. The number of hydrogen-bond donors (Lipinski definition) is 0. The van der Waals surface area contributed by atoms with Gasteiger partial charge in [0.15, 0.2) is 0 Å². The van der Waals surface area contributed by atoms with E-state index < -0.39 is 0 Å². The molecule has 0 radical (unpaired) electrons. The molecule has 0 spiro atoms. The summed E-state index contributed by atoms with van der Waals surface area (Å²) in [5.41, 5.74) is 0. The molecule has 5 heteroatoms. The monoisotopic (exact) mass is 273 g/mol. The van der Waals surface area contributed by atoms with Crippen LogP contribution < -0.4 is 15.3 Å². The Hall–Kier alpha value is 0.945. The maximum atomic E-state index is 9.63. The van der Waals surface area contributed by atoms with Crippen LogP contribution in [-0.2, 0) is 0 Å². The molecule has 0 heterocycles. The Labute approximate surface area is 129 Å². The third-order valence-corrected chi connectivity index (χ3v) is 1.00. The largest absolute Gasteiger partial charge is 3.00 e. The molecule has 0 aliphatic heterocycles. The molecule has 0 aromatic carbocycles. The van der Waals surface area contributed by atoms with E-state index in [-0.39, 0.29) is 54.5 Å². The van der Waals surface area contributed by atoms with Crippen LogP contribution in [0.25, 0.3) is 0 Å². The minimum Gasteiger partial charge on any atom is -0.854 e. The Morgan fingerprint density at radius 1 is 0.529 bits per heavy atom. The average molecular weight is 273 g/mol. The minimum atomic E-state index is 0. The van der Waals surface area contributed by atoms with Crippen LogP contribution in [0.2, 0.25) is 0 Å². The summed E-state index contributed by atoms with van der Waals surface area (Å²) in [5.74, 6) is 0.986.